The second-order valence-electron chi connectivity index (χ2n) is 5.00. The van der Waals surface area contributed by atoms with E-state index in [1.807, 2.05) is 0 Å². The molecule has 1 atom stereocenters. The molecule has 0 aromatic heterocycles. The van der Waals surface area contributed by atoms with Crippen LogP contribution in [0.25, 0.3) is 0 Å². The van der Waals surface area contributed by atoms with E-state index in [1.54, 1.807) is 0 Å². The van der Waals surface area contributed by atoms with Crippen molar-refractivity contribution in [3.63, 3.8) is 0 Å². The lowest BCUT2D eigenvalue weighted by Crippen LogP contribution is -2.34. The zero-order chi connectivity index (χ0) is 16.2. The van der Waals surface area contributed by atoms with Crippen LogP contribution < -0.4 is 10.6 Å². The molecule has 122 valence electrons. The first-order valence-corrected chi connectivity index (χ1v) is 7.23. The van der Waals surface area contributed by atoms with Crippen molar-refractivity contribution in [2.24, 2.45) is 0 Å². The predicted octanol–water partition coefficient (Wildman–Crippen LogP) is 3.07. The molecule has 2 N–H and O–H groups in total. The molecule has 1 heterocycles. The fourth-order valence-electron chi connectivity index (χ4n) is 2.21. The molecular formula is C14H16ClF3N2O2. The van der Waals surface area contributed by atoms with Crippen LogP contribution in [0.5, 0.6) is 0 Å². The van der Waals surface area contributed by atoms with Gasteiger partial charge >= 0.3 is 6.18 Å². The molecule has 0 aliphatic carbocycles. The van der Waals surface area contributed by atoms with Gasteiger partial charge in [0.15, 0.2) is 0 Å². The van der Waals surface area contributed by atoms with Gasteiger partial charge in [0.1, 0.15) is 0 Å². The third kappa shape index (κ3) is 4.86. The standard InChI is InChI=1S/C14H16ClF3N2O2/c15-9-3-4-12(11(6-9)14(16,17)18)20-13(21)8-19-7-10-2-1-5-22-10/h3-4,6,10,19H,1-2,5,7-8H2,(H,20,21). The largest absolute Gasteiger partial charge is 0.418 e. The van der Waals surface area contributed by atoms with E-state index in [0.717, 1.165) is 25.0 Å². The zero-order valence-corrected chi connectivity index (χ0v) is 12.4. The number of halogens is 4. The maximum absolute atomic E-state index is 12.9. The number of anilines is 1. The Morgan fingerprint density at radius 2 is 2.18 bits per heavy atom. The molecule has 2 rings (SSSR count). The fourth-order valence-corrected chi connectivity index (χ4v) is 2.38. The van der Waals surface area contributed by atoms with Crippen molar-refractivity contribution in [1.82, 2.24) is 5.32 Å². The molecule has 1 fully saturated rings. The van der Waals surface area contributed by atoms with E-state index in [2.05, 4.69) is 10.6 Å². The molecular weight excluding hydrogens is 321 g/mol. The highest BCUT2D eigenvalue weighted by molar-refractivity contribution is 6.30. The molecule has 0 radical (unpaired) electrons. The summed E-state index contributed by atoms with van der Waals surface area (Å²) in [7, 11) is 0. The molecule has 0 saturated carbocycles. The summed E-state index contributed by atoms with van der Waals surface area (Å²) in [5, 5.41) is 5.08. The summed E-state index contributed by atoms with van der Waals surface area (Å²) < 4.78 is 44.1. The highest BCUT2D eigenvalue weighted by Crippen LogP contribution is 2.36. The monoisotopic (exact) mass is 336 g/mol. The molecule has 1 aliphatic heterocycles. The number of ether oxygens (including phenoxy) is 1. The van der Waals surface area contributed by atoms with E-state index in [1.165, 1.54) is 6.07 Å². The molecule has 1 aromatic carbocycles. The van der Waals surface area contributed by atoms with Gasteiger partial charge in [-0.05, 0) is 31.0 Å². The van der Waals surface area contributed by atoms with Crippen molar-refractivity contribution in [2.75, 3.05) is 25.0 Å². The van der Waals surface area contributed by atoms with Crippen LogP contribution >= 0.6 is 11.6 Å². The van der Waals surface area contributed by atoms with Gasteiger partial charge in [-0.25, -0.2) is 0 Å². The summed E-state index contributed by atoms with van der Waals surface area (Å²) in [6.45, 7) is 1.12. The van der Waals surface area contributed by atoms with Crippen LogP contribution in [0.2, 0.25) is 5.02 Å². The van der Waals surface area contributed by atoms with Crippen LogP contribution in [0.3, 0.4) is 0 Å². The number of nitrogens with one attached hydrogen (secondary N) is 2. The van der Waals surface area contributed by atoms with Gasteiger partial charge in [0.05, 0.1) is 23.9 Å². The normalized spacial score (nSPS) is 18.5. The lowest BCUT2D eigenvalue weighted by molar-refractivity contribution is -0.137. The lowest BCUT2D eigenvalue weighted by Gasteiger charge is -2.15. The van der Waals surface area contributed by atoms with Gasteiger partial charge in [0, 0.05) is 18.2 Å². The Morgan fingerprint density at radius 3 is 2.82 bits per heavy atom. The molecule has 1 amide bonds. The molecule has 0 spiro atoms. The number of hydrogen-bond acceptors (Lipinski definition) is 3. The Balaban J connectivity index is 1.90. The van der Waals surface area contributed by atoms with Crippen molar-refractivity contribution >= 4 is 23.2 Å². The predicted molar refractivity (Wildman–Crippen MR) is 76.9 cm³/mol. The van der Waals surface area contributed by atoms with Gasteiger partial charge in [-0.3, -0.25) is 4.79 Å². The SMILES string of the molecule is O=C(CNCC1CCCO1)Nc1ccc(Cl)cc1C(F)(F)F. The Hall–Kier alpha value is -1.31. The average Bonchev–Trinajstić information content (AvgIpc) is 2.93. The molecule has 1 saturated heterocycles. The average molecular weight is 337 g/mol. The highest BCUT2D eigenvalue weighted by atomic mass is 35.5. The topological polar surface area (TPSA) is 50.4 Å². The fraction of sp³-hybridized carbons (Fsp3) is 0.500. The number of carbonyl (C=O) groups is 1. The van der Waals surface area contributed by atoms with Crippen molar-refractivity contribution < 1.29 is 22.7 Å². The van der Waals surface area contributed by atoms with E-state index < -0.39 is 17.6 Å². The Morgan fingerprint density at radius 1 is 1.41 bits per heavy atom. The van der Waals surface area contributed by atoms with E-state index in [4.69, 9.17) is 16.3 Å². The van der Waals surface area contributed by atoms with Crippen LogP contribution in [0.15, 0.2) is 18.2 Å². The Labute approximate surface area is 131 Å². The molecule has 1 aromatic rings. The van der Waals surface area contributed by atoms with Gasteiger partial charge in [0.25, 0.3) is 0 Å². The molecule has 0 bridgehead atoms. The van der Waals surface area contributed by atoms with Crippen LogP contribution in [0, 0.1) is 0 Å². The molecule has 4 nitrogen and oxygen atoms in total. The number of rotatable bonds is 5. The minimum Gasteiger partial charge on any atom is -0.377 e. The van der Waals surface area contributed by atoms with Gasteiger partial charge in [-0.15, -0.1) is 0 Å². The molecule has 1 unspecified atom stereocenters. The maximum Gasteiger partial charge on any atom is 0.418 e. The highest BCUT2D eigenvalue weighted by Gasteiger charge is 2.34. The Kier molecular flexibility index (Phi) is 5.66. The molecule has 8 heteroatoms. The van der Waals surface area contributed by atoms with Crippen molar-refractivity contribution in [3.05, 3.63) is 28.8 Å². The minimum absolute atomic E-state index is 0.0400. The lowest BCUT2D eigenvalue weighted by atomic mass is 10.1. The van der Waals surface area contributed by atoms with Gasteiger partial charge in [-0.2, -0.15) is 13.2 Å². The van der Waals surface area contributed by atoms with E-state index in [-0.39, 0.29) is 23.4 Å². The van der Waals surface area contributed by atoms with E-state index >= 15 is 0 Å². The Bertz CT molecular complexity index is 531. The number of alkyl halides is 3. The van der Waals surface area contributed by atoms with Gasteiger partial charge in [-0.1, -0.05) is 11.6 Å². The van der Waals surface area contributed by atoms with Crippen LogP contribution in [0.1, 0.15) is 18.4 Å². The number of hydrogen-bond donors (Lipinski definition) is 2. The van der Waals surface area contributed by atoms with Crippen molar-refractivity contribution in [2.45, 2.75) is 25.1 Å². The van der Waals surface area contributed by atoms with Gasteiger partial charge in [0.2, 0.25) is 5.91 Å². The first kappa shape index (κ1) is 17.1. The smallest absolute Gasteiger partial charge is 0.377 e. The molecule has 1 aliphatic rings. The number of benzene rings is 1. The summed E-state index contributed by atoms with van der Waals surface area (Å²) in [6, 6.07) is 3.23. The summed E-state index contributed by atoms with van der Waals surface area (Å²) in [6.07, 6.45) is -2.62. The number of carbonyl (C=O) groups excluding carboxylic acids is 1. The van der Waals surface area contributed by atoms with Gasteiger partial charge < -0.3 is 15.4 Å². The maximum atomic E-state index is 12.9. The summed E-state index contributed by atoms with van der Waals surface area (Å²) in [4.78, 5) is 11.7. The quantitative estimate of drug-likeness (QED) is 0.869. The van der Waals surface area contributed by atoms with E-state index in [9.17, 15) is 18.0 Å². The molecule has 22 heavy (non-hydrogen) atoms. The van der Waals surface area contributed by atoms with Crippen molar-refractivity contribution in [1.29, 1.82) is 0 Å². The van der Waals surface area contributed by atoms with Crippen molar-refractivity contribution in [3.8, 4) is 0 Å². The summed E-state index contributed by atoms with van der Waals surface area (Å²) in [5.74, 6) is -0.550. The third-order valence-corrected chi connectivity index (χ3v) is 3.48. The van der Waals surface area contributed by atoms with Crippen LogP contribution in [-0.4, -0.2) is 31.7 Å². The second kappa shape index (κ2) is 7.30. The minimum atomic E-state index is -4.58. The van der Waals surface area contributed by atoms with Crippen LogP contribution in [-0.2, 0) is 15.7 Å². The van der Waals surface area contributed by atoms with Crippen LogP contribution in [0.4, 0.5) is 18.9 Å². The number of amides is 1. The second-order valence-corrected chi connectivity index (χ2v) is 5.44. The van der Waals surface area contributed by atoms with E-state index in [0.29, 0.717) is 13.2 Å². The third-order valence-electron chi connectivity index (χ3n) is 3.24. The zero-order valence-electron chi connectivity index (χ0n) is 11.7. The summed E-state index contributed by atoms with van der Waals surface area (Å²) >= 11 is 5.58. The summed E-state index contributed by atoms with van der Waals surface area (Å²) in [5.41, 5.74) is -1.27. The first-order valence-electron chi connectivity index (χ1n) is 6.85. The first-order chi connectivity index (χ1) is 10.4.